The van der Waals surface area contributed by atoms with E-state index in [9.17, 15) is 55.6 Å². The molecule has 4 rings (SSSR count). The maximum Gasteiger partial charge on any atom is 0.357 e. The minimum Gasteiger partial charge on any atom is -0.493 e. The third kappa shape index (κ3) is 7.84. The molecule has 1 aromatic heterocycles. The zero-order valence-corrected chi connectivity index (χ0v) is 28.9. The molecule has 0 saturated carbocycles. The number of hydrogen-bond acceptors (Lipinski definition) is 10. The molecule has 1 aliphatic heterocycles. The number of benzene rings is 2. The number of carboxylic acids is 2. The highest BCUT2D eigenvalue weighted by atomic mass is 123. The van der Waals surface area contributed by atoms with E-state index in [-0.39, 0.29) is 29.7 Å². The summed E-state index contributed by atoms with van der Waals surface area (Å²) in [7, 11) is -9.02. The summed E-state index contributed by atoms with van der Waals surface area (Å²) in [6.45, 7) is 0. The standard InChI is InChI=1S/C27H18I2N4O12S2/c28-18-12-14(46(40,41)42)8-10-20(18)32-24(34)16(22(30-32)26(36)37)6-4-2-1-3-5-7-17-23(27(38)39)31-33(25(17)35)21-11-9-15(13-19(21)29)47(43,44)45/h1-13,34H,(H,36,37)(H,38,39)(H,40,41,42)(H,43,44,45)/b2-1+,5-3+,6-4+,17-7-/i28-4,29-4. The van der Waals surface area contributed by atoms with Crippen LogP contribution in [0, 0.1) is 7.14 Å². The Morgan fingerprint density at radius 3 is 1.83 bits per heavy atom. The van der Waals surface area contributed by atoms with E-state index >= 15 is 0 Å². The molecule has 0 fully saturated rings. The minimum absolute atomic E-state index is 0.0799. The topological polar surface area (TPSA) is 254 Å². The predicted molar refractivity (Wildman–Crippen MR) is 182 cm³/mol. The molecule has 0 aliphatic carbocycles. The van der Waals surface area contributed by atoms with Gasteiger partial charge in [0.05, 0.1) is 32.3 Å². The Morgan fingerprint density at radius 1 is 0.787 bits per heavy atom. The third-order valence-corrected chi connectivity index (χ3v) is 9.47. The molecule has 3 aromatic rings. The first-order chi connectivity index (χ1) is 21.9. The van der Waals surface area contributed by atoms with E-state index in [1.807, 2.05) is 0 Å². The number of anilines is 1. The fraction of sp³-hybridized carbons (Fsp3) is 0. The molecule has 0 spiro atoms. The van der Waals surface area contributed by atoms with Crippen molar-refractivity contribution in [2.45, 2.75) is 9.79 Å². The van der Waals surface area contributed by atoms with Crippen molar-refractivity contribution in [2.75, 3.05) is 5.01 Å². The van der Waals surface area contributed by atoms with E-state index < -0.39 is 65.2 Å². The van der Waals surface area contributed by atoms with Crippen molar-refractivity contribution in [1.29, 1.82) is 0 Å². The molecule has 0 atom stereocenters. The van der Waals surface area contributed by atoms with Gasteiger partial charge in [0.2, 0.25) is 5.88 Å². The number of aromatic hydroxyl groups is 1. The highest BCUT2D eigenvalue weighted by Crippen LogP contribution is 2.31. The van der Waals surface area contributed by atoms with Crippen LogP contribution in [0.2, 0.25) is 0 Å². The fourth-order valence-electron chi connectivity index (χ4n) is 3.92. The van der Waals surface area contributed by atoms with E-state index in [4.69, 9.17) is 0 Å². The lowest BCUT2D eigenvalue weighted by Crippen LogP contribution is -2.23. The van der Waals surface area contributed by atoms with E-state index in [1.165, 1.54) is 54.7 Å². The Hall–Kier alpha value is -4.23. The van der Waals surface area contributed by atoms with Gasteiger partial charge in [-0.05, 0) is 93.7 Å². The van der Waals surface area contributed by atoms with Crippen LogP contribution in [0.15, 0.2) is 93.3 Å². The number of aromatic carboxylic acids is 1. The number of rotatable bonds is 10. The maximum atomic E-state index is 13.0. The first-order valence-corrected chi connectivity index (χ1v) is 17.4. The summed E-state index contributed by atoms with van der Waals surface area (Å²) in [4.78, 5) is 35.7. The molecule has 0 bridgehead atoms. The van der Waals surface area contributed by atoms with E-state index in [2.05, 4.69) is 10.2 Å². The quantitative estimate of drug-likeness (QED) is 0.0847. The number of allylic oxidation sites excluding steroid dienone is 6. The molecule has 244 valence electrons. The number of carbonyl (C=O) groups is 3. The summed E-state index contributed by atoms with van der Waals surface area (Å²) in [5.74, 6) is -4.35. The van der Waals surface area contributed by atoms with Gasteiger partial charge in [-0.3, -0.25) is 13.9 Å². The van der Waals surface area contributed by atoms with Crippen molar-refractivity contribution in [2.24, 2.45) is 5.10 Å². The number of aromatic nitrogens is 2. The molecule has 2 heterocycles. The predicted octanol–water partition coefficient (Wildman–Crippen LogP) is 3.52. The van der Waals surface area contributed by atoms with Gasteiger partial charge in [0.1, 0.15) is 0 Å². The van der Waals surface area contributed by atoms with Crippen molar-refractivity contribution in [3.8, 4) is 11.6 Å². The maximum absolute atomic E-state index is 13.0. The summed E-state index contributed by atoms with van der Waals surface area (Å²) in [6.07, 6.45) is 9.42. The second kappa shape index (κ2) is 13.9. The van der Waals surface area contributed by atoms with Crippen LogP contribution in [0.4, 0.5) is 5.69 Å². The van der Waals surface area contributed by atoms with E-state index in [0.717, 1.165) is 34.0 Å². The Bertz CT molecular complexity index is 2220. The first-order valence-electron chi connectivity index (χ1n) is 12.4. The van der Waals surface area contributed by atoms with Crippen LogP contribution in [0.3, 0.4) is 0 Å². The number of hydrazone groups is 1. The third-order valence-electron chi connectivity index (χ3n) is 6.04. The lowest BCUT2D eigenvalue weighted by Gasteiger charge is -2.14. The summed E-state index contributed by atoms with van der Waals surface area (Å²) >= 11 is 3.44. The molecular weight excluding hydrogens is 882 g/mol. The summed E-state index contributed by atoms with van der Waals surface area (Å²) < 4.78 is 65.4. The van der Waals surface area contributed by atoms with Gasteiger partial charge in [-0.1, -0.05) is 30.4 Å². The molecule has 5 N–H and O–H groups in total. The number of hydrogen-bond donors (Lipinski definition) is 5. The number of nitrogens with zero attached hydrogens (tertiary/aromatic N) is 4. The van der Waals surface area contributed by atoms with Crippen molar-refractivity contribution >= 4 is 101 Å². The largest absolute Gasteiger partial charge is 0.493 e. The van der Waals surface area contributed by atoms with Crippen LogP contribution >= 0.6 is 45.2 Å². The second-order valence-corrected chi connectivity index (χ2v) is 14.2. The molecule has 20 heteroatoms. The van der Waals surface area contributed by atoms with Crippen molar-refractivity contribution in [1.82, 2.24) is 9.78 Å². The van der Waals surface area contributed by atoms with Gasteiger partial charge in [0.15, 0.2) is 11.4 Å². The average Bonchev–Trinajstić information content (AvgIpc) is 3.48. The normalized spacial score (nSPS) is 15.1. The van der Waals surface area contributed by atoms with Crippen LogP contribution in [-0.4, -0.2) is 74.6 Å². The molecule has 47 heavy (non-hydrogen) atoms. The molecule has 1 aliphatic rings. The Balaban J connectivity index is 1.54. The van der Waals surface area contributed by atoms with Gasteiger partial charge in [-0.2, -0.15) is 36.7 Å². The SMILES string of the molecule is O=C(O)C1=NN(c2ccc(S(=O)(=O)O)cc2[123I])C(=O)\C1=C/C=C/C=C/C=C/c1c(C(=O)O)nn(-c2ccc(S(=O)(=O)O)cc2[123I])c1O. The fourth-order valence-corrected chi connectivity index (χ4v) is 6.85. The molecule has 16 nitrogen and oxygen atoms in total. The number of carboxylic acid groups (broad SMARTS) is 2. The van der Waals surface area contributed by atoms with Crippen molar-refractivity contribution in [3.63, 3.8) is 0 Å². The van der Waals surface area contributed by atoms with Crippen LogP contribution in [-0.2, 0) is 29.8 Å². The van der Waals surface area contributed by atoms with Crippen LogP contribution in [0.25, 0.3) is 11.8 Å². The summed E-state index contributed by atoms with van der Waals surface area (Å²) in [5, 5.41) is 38.4. The number of aliphatic carboxylic acids is 1. The van der Waals surface area contributed by atoms with Crippen LogP contribution in [0.1, 0.15) is 16.1 Å². The summed E-state index contributed by atoms with van der Waals surface area (Å²) in [5.41, 5.74) is -1.34. The Labute approximate surface area is 292 Å². The molecular formula is C27H18I2N4O12S2. The van der Waals surface area contributed by atoms with Crippen LogP contribution in [0.5, 0.6) is 5.88 Å². The van der Waals surface area contributed by atoms with Gasteiger partial charge in [0.25, 0.3) is 26.1 Å². The van der Waals surface area contributed by atoms with Crippen LogP contribution < -0.4 is 5.01 Å². The number of halogens is 2. The molecule has 1 amide bonds. The molecule has 0 unspecified atom stereocenters. The lowest BCUT2D eigenvalue weighted by molar-refractivity contribution is -0.129. The molecule has 0 radical (unpaired) electrons. The average molecular weight is 900 g/mol. The molecule has 2 aromatic carbocycles. The van der Waals surface area contributed by atoms with Gasteiger partial charge in [0, 0.05) is 7.14 Å². The zero-order valence-electron chi connectivity index (χ0n) is 23.0. The van der Waals surface area contributed by atoms with Crippen molar-refractivity contribution in [3.05, 3.63) is 96.8 Å². The lowest BCUT2D eigenvalue weighted by atomic mass is 10.1. The van der Waals surface area contributed by atoms with Gasteiger partial charge >= 0.3 is 11.9 Å². The monoisotopic (exact) mass is 900 g/mol. The van der Waals surface area contributed by atoms with E-state index in [1.54, 1.807) is 45.2 Å². The van der Waals surface area contributed by atoms with Gasteiger partial charge in [-0.25, -0.2) is 9.59 Å². The van der Waals surface area contributed by atoms with Gasteiger partial charge in [-0.15, -0.1) is 0 Å². The summed E-state index contributed by atoms with van der Waals surface area (Å²) in [6, 6.07) is 6.70. The minimum atomic E-state index is -4.51. The number of carbonyl (C=O) groups excluding carboxylic acids is 1. The molecule has 0 saturated heterocycles. The first kappa shape index (κ1) is 35.6. The number of amides is 1. The van der Waals surface area contributed by atoms with Crippen molar-refractivity contribution < 1.29 is 55.6 Å². The highest BCUT2D eigenvalue weighted by molar-refractivity contribution is 14.1. The smallest absolute Gasteiger partial charge is 0.357 e. The Kier molecular flexibility index (Phi) is 10.5. The van der Waals surface area contributed by atoms with E-state index in [0.29, 0.717) is 0 Å². The highest BCUT2D eigenvalue weighted by Gasteiger charge is 2.35. The second-order valence-electron chi connectivity index (χ2n) is 9.06. The van der Waals surface area contributed by atoms with Gasteiger partial charge < -0.3 is 15.3 Å². The Morgan fingerprint density at radius 2 is 1.32 bits per heavy atom. The zero-order chi connectivity index (χ0) is 34.8.